The first-order chi connectivity index (χ1) is 9.12. The van der Waals surface area contributed by atoms with Crippen molar-refractivity contribution < 1.29 is 19.5 Å². The Hall–Kier alpha value is -1.59. The Balaban J connectivity index is 2.23. The molecule has 1 atom stereocenters. The molecule has 1 aliphatic rings. The van der Waals surface area contributed by atoms with Gasteiger partial charge in [0.1, 0.15) is 0 Å². The fraction of sp³-hybridized carbons (Fsp3) is 0.786. The fourth-order valence-electron chi connectivity index (χ4n) is 1.94. The zero-order valence-electron chi connectivity index (χ0n) is 12.6. The second-order valence-corrected chi connectivity index (χ2v) is 6.44. The van der Waals surface area contributed by atoms with Crippen molar-refractivity contribution >= 4 is 17.8 Å². The van der Waals surface area contributed by atoms with Gasteiger partial charge < -0.3 is 15.3 Å². The first-order valence-electron chi connectivity index (χ1n) is 6.92. The smallest absolute Gasteiger partial charge is 0.306 e. The first kappa shape index (κ1) is 16.5. The Morgan fingerprint density at radius 3 is 2.30 bits per heavy atom. The molecule has 0 aromatic rings. The molecule has 1 aliphatic heterocycles. The molecule has 2 N–H and O–H groups in total. The minimum Gasteiger partial charge on any atom is -0.481 e. The molecular formula is C14H24N2O4. The number of carbonyl (C=O) groups excluding carboxylic acids is 2. The van der Waals surface area contributed by atoms with Crippen LogP contribution in [0.2, 0.25) is 0 Å². The van der Waals surface area contributed by atoms with Gasteiger partial charge in [0.2, 0.25) is 11.8 Å². The third-order valence-corrected chi connectivity index (χ3v) is 3.66. The van der Waals surface area contributed by atoms with Gasteiger partial charge in [0.05, 0.1) is 5.92 Å². The summed E-state index contributed by atoms with van der Waals surface area (Å²) in [6, 6.07) is 0. The lowest BCUT2D eigenvalue weighted by Gasteiger charge is -2.41. The van der Waals surface area contributed by atoms with E-state index >= 15 is 0 Å². The van der Waals surface area contributed by atoms with E-state index in [1.165, 1.54) is 0 Å². The predicted molar refractivity (Wildman–Crippen MR) is 74.0 cm³/mol. The van der Waals surface area contributed by atoms with Gasteiger partial charge in [-0.1, -0.05) is 27.7 Å². The van der Waals surface area contributed by atoms with Gasteiger partial charge in [-0.05, 0) is 0 Å². The quantitative estimate of drug-likeness (QED) is 0.778. The van der Waals surface area contributed by atoms with Crippen molar-refractivity contribution in [1.82, 2.24) is 10.2 Å². The first-order valence-corrected chi connectivity index (χ1v) is 6.92. The van der Waals surface area contributed by atoms with Gasteiger partial charge in [0.15, 0.2) is 0 Å². The van der Waals surface area contributed by atoms with Gasteiger partial charge in [0.25, 0.3) is 0 Å². The molecule has 6 nitrogen and oxygen atoms in total. The van der Waals surface area contributed by atoms with Crippen LogP contribution in [0.3, 0.4) is 0 Å². The number of aliphatic carboxylic acids is 1. The molecule has 0 radical (unpaired) electrons. The standard InChI is InChI=1S/C14H24N2O4/c1-9(12(18)19)10-7-16(8-10)11(17)5-6-15-13(20)14(2,3)4/h9-10H,5-8H2,1-4H3,(H,15,20)(H,18,19). The molecule has 1 rings (SSSR count). The van der Waals surface area contributed by atoms with E-state index in [2.05, 4.69) is 5.32 Å². The minimum absolute atomic E-state index is 0.0342. The van der Waals surface area contributed by atoms with Gasteiger partial charge in [-0.3, -0.25) is 14.4 Å². The highest BCUT2D eigenvalue weighted by Crippen LogP contribution is 2.24. The van der Waals surface area contributed by atoms with Crippen molar-refractivity contribution in [2.75, 3.05) is 19.6 Å². The largest absolute Gasteiger partial charge is 0.481 e. The molecule has 1 fully saturated rings. The number of hydrogen-bond acceptors (Lipinski definition) is 3. The topological polar surface area (TPSA) is 86.7 Å². The fourth-order valence-corrected chi connectivity index (χ4v) is 1.94. The van der Waals surface area contributed by atoms with Gasteiger partial charge in [-0.2, -0.15) is 0 Å². The van der Waals surface area contributed by atoms with Crippen LogP contribution < -0.4 is 5.32 Å². The molecule has 20 heavy (non-hydrogen) atoms. The lowest BCUT2D eigenvalue weighted by Crippen LogP contribution is -2.54. The van der Waals surface area contributed by atoms with E-state index in [-0.39, 0.29) is 24.2 Å². The van der Waals surface area contributed by atoms with E-state index < -0.39 is 17.3 Å². The van der Waals surface area contributed by atoms with Crippen molar-refractivity contribution in [2.24, 2.45) is 17.3 Å². The third kappa shape index (κ3) is 4.21. The lowest BCUT2D eigenvalue weighted by molar-refractivity contribution is -0.150. The van der Waals surface area contributed by atoms with Crippen molar-refractivity contribution in [3.8, 4) is 0 Å². The Labute approximate surface area is 119 Å². The second kappa shape index (κ2) is 6.24. The third-order valence-electron chi connectivity index (χ3n) is 3.66. The van der Waals surface area contributed by atoms with Crippen molar-refractivity contribution in [2.45, 2.75) is 34.1 Å². The minimum atomic E-state index is -0.820. The van der Waals surface area contributed by atoms with Crippen LogP contribution in [0.25, 0.3) is 0 Å². The second-order valence-electron chi connectivity index (χ2n) is 6.44. The molecule has 6 heteroatoms. The van der Waals surface area contributed by atoms with Crippen molar-refractivity contribution in [3.05, 3.63) is 0 Å². The Bertz CT molecular complexity index is 394. The van der Waals surface area contributed by atoms with Crippen molar-refractivity contribution in [1.29, 1.82) is 0 Å². The summed E-state index contributed by atoms with van der Waals surface area (Å²) in [5.74, 6) is -1.31. The normalized spacial score (nSPS) is 17.3. The van der Waals surface area contributed by atoms with Crippen LogP contribution in [-0.4, -0.2) is 47.4 Å². The van der Waals surface area contributed by atoms with Crippen LogP contribution in [0.5, 0.6) is 0 Å². The SMILES string of the molecule is CC(C(=O)O)C1CN(C(=O)CCNC(=O)C(C)(C)C)C1. The molecular weight excluding hydrogens is 260 g/mol. The highest BCUT2D eigenvalue weighted by molar-refractivity contribution is 5.82. The zero-order chi connectivity index (χ0) is 15.5. The maximum Gasteiger partial charge on any atom is 0.306 e. The molecule has 0 saturated carbocycles. The van der Waals surface area contributed by atoms with E-state index in [0.717, 1.165) is 0 Å². The molecule has 0 aliphatic carbocycles. The van der Waals surface area contributed by atoms with Gasteiger partial charge >= 0.3 is 5.97 Å². The van der Waals surface area contributed by atoms with Gasteiger partial charge in [-0.15, -0.1) is 0 Å². The van der Waals surface area contributed by atoms with Crippen LogP contribution in [0.1, 0.15) is 34.1 Å². The van der Waals surface area contributed by atoms with Crippen LogP contribution in [-0.2, 0) is 14.4 Å². The summed E-state index contributed by atoms with van der Waals surface area (Å²) in [6.07, 6.45) is 0.260. The zero-order valence-corrected chi connectivity index (χ0v) is 12.6. The number of nitrogens with zero attached hydrogens (tertiary/aromatic N) is 1. The van der Waals surface area contributed by atoms with Crippen LogP contribution in [0, 0.1) is 17.3 Å². The average Bonchev–Trinajstić information content (AvgIpc) is 2.25. The Morgan fingerprint density at radius 1 is 1.30 bits per heavy atom. The van der Waals surface area contributed by atoms with Gasteiger partial charge in [0, 0.05) is 37.4 Å². The average molecular weight is 284 g/mol. The molecule has 0 bridgehead atoms. The number of carboxylic acid groups (broad SMARTS) is 1. The summed E-state index contributed by atoms with van der Waals surface area (Å²) in [5, 5.41) is 11.6. The molecule has 0 aromatic carbocycles. The summed E-state index contributed by atoms with van der Waals surface area (Å²) in [5.41, 5.74) is -0.457. The number of carbonyl (C=O) groups is 3. The van der Waals surface area contributed by atoms with Crippen molar-refractivity contribution in [3.63, 3.8) is 0 Å². The summed E-state index contributed by atoms with van der Waals surface area (Å²) in [6.45, 7) is 8.44. The summed E-state index contributed by atoms with van der Waals surface area (Å²) < 4.78 is 0. The van der Waals surface area contributed by atoms with E-state index in [4.69, 9.17) is 5.11 Å². The lowest BCUT2D eigenvalue weighted by atomic mass is 9.87. The van der Waals surface area contributed by atoms with Gasteiger partial charge in [-0.25, -0.2) is 0 Å². The number of carboxylic acids is 1. The number of nitrogens with one attached hydrogen (secondary N) is 1. The number of amides is 2. The Kier molecular flexibility index (Phi) is 5.14. The van der Waals surface area contributed by atoms with E-state index in [9.17, 15) is 14.4 Å². The molecule has 0 spiro atoms. The molecule has 0 aromatic heterocycles. The van der Waals surface area contributed by atoms with Crippen LogP contribution in [0.4, 0.5) is 0 Å². The molecule has 1 heterocycles. The molecule has 114 valence electrons. The highest BCUT2D eigenvalue weighted by atomic mass is 16.4. The number of hydrogen-bond donors (Lipinski definition) is 2. The molecule has 2 amide bonds. The summed E-state index contributed by atoms with van der Waals surface area (Å²) >= 11 is 0. The Morgan fingerprint density at radius 2 is 1.85 bits per heavy atom. The maximum absolute atomic E-state index is 11.8. The number of likely N-dealkylation sites (tertiary alicyclic amines) is 1. The molecule has 1 unspecified atom stereocenters. The van der Waals surface area contributed by atoms with Crippen LogP contribution in [0.15, 0.2) is 0 Å². The maximum atomic E-state index is 11.8. The van der Waals surface area contributed by atoms with Crippen LogP contribution >= 0.6 is 0 Å². The predicted octanol–water partition coefficient (Wildman–Crippen LogP) is 0.718. The van der Waals surface area contributed by atoms with E-state index in [1.807, 2.05) is 20.8 Å². The van der Waals surface area contributed by atoms with E-state index in [1.54, 1.807) is 11.8 Å². The summed E-state index contributed by atoms with van der Waals surface area (Å²) in [4.78, 5) is 35.9. The monoisotopic (exact) mass is 284 g/mol. The summed E-state index contributed by atoms with van der Waals surface area (Å²) in [7, 11) is 0. The number of rotatable bonds is 5. The van der Waals surface area contributed by atoms with E-state index in [0.29, 0.717) is 19.6 Å². The molecule has 1 saturated heterocycles. The highest BCUT2D eigenvalue weighted by Gasteiger charge is 2.36.